The number of carbonyl (C=O) groups is 1. The van der Waals surface area contributed by atoms with Crippen LogP contribution in [-0.2, 0) is 12.8 Å². The van der Waals surface area contributed by atoms with Gasteiger partial charge < -0.3 is 9.15 Å². The first-order valence-corrected chi connectivity index (χ1v) is 13.6. The lowest BCUT2D eigenvalue weighted by atomic mass is 10.0. The quantitative estimate of drug-likeness (QED) is 0.108. The molecular formula is C33H38O3. The number of rotatable bonds is 13. The van der Waals surface area contributed by atoms with Gasteiger partial charge in [-0.05, 0) is 73.2 Å². The van der Waals surface area contributed by atoms with Crippen LogP contribution in [-0.4, -0.2) is 5.97 Å². The number of hydrogen-bond acceptors (Lipinski definition) is 3. The van der Waals surface area contributed by atoms with Crippen LogP contribution in [0.1, 0.15) is 86.7 Å². The molecule has 0 atom stereocenters. The lowest BCUT2D eigenvalue weighted by Crippen LogP contribution is -2.08. The predicted octanol–water partition coefficient (Wildman–Crippen LogP) is 9.56. The summed E-state index contributed by atoms with van der Waals surface area (Å²) in [5, 5.41) is 0.894. The summed E-state index contributed by atoms with van der Waals surface area (Å²) in [6.45, 7) is 4.45. The van der Waals surface area contributed by atoms with Gasteiger partial charge in [-0.2, -0.15) is 0 Å². The van der Waals surface area contributed by atoms with Crippen molar-refractivity contribution in [3.05, 3.63) is 89.5 Å². The van der Waals surface area contributed by atoms with E-state index in [0.717, 1.165) is 35.1 Å². The Morgan fingerprint density at radius 3 is 2.00 bits per heavy atom. The zero-order valence-corrected chi connectivity index (χ0v) is 21.7. The van der Waals surface area contributed by atoms with Gasteiger partial charge >= 0.3 is 5.97 Å². The van der Waals surface area contributed by atoms with Crippen molar-refractivity contribution in [3.8, 4) is 17.1 Å². The van der Waals surface area contributed by atoms with Gasteiger partial charge in [0.2, 0.25) is 0 Å². The molecule has 0 N–H and O–H groups in total. The van der Waals surface area contributed by atoms with E-state index in [1.54, 1.807) is 6.07 Å². The monoisotopic (exact) mass is 482 g/mol. The van der Waals surface area contributed by atoms with E-state index >= 15 is 0 Å². The highest BCUT2D eigenvalue weighted by molar-refractivity contribution is 5.96. The molecule has 0 spiro atoms. The number of fused-ring (bicyclic) bond motifs is 1. The third-order valence-corrected chi connectivity index (χ3v) is 6.76. The second kappa shape index (κ2) is 13.1. The standard InChI is InChI=1S/C33H38O3/c1-3-5-7-8-10-12-25-13-17-27(18-14-25)32-24-29-23-28(19-22-31(29)36-32)33(34)35-30-20-15-26(16-21-30)11-9-6-4-2/h13-24H,3-12H2,1-2H3. The van der Waals surface area contributed by atoms with Gasteiger partial charge in [0.05, 0.1) is 5.56 Å². The Morgan fingerprint density at radius 2 is 1.31 bits per heavy atom. The first kappa shape index (κ1) is 25.8. The number of esters is 1. The normalized spacial score (nSPS) is 11.2. The van der Waals surface area contributed by atoms with Crippen molar-refractivity contribution in [2.45, 2.75) is 78.1 Å². The Balaban J connectivity index is 1.37. The summed E-state index contributed by atoms with van der Waals surface area (Å²) in [5.74, 6) is 1.02. The number of ether oxygens (including phenoxy) is 1. The lowest BCUT2D eigenvalue weighted by molar-refractivity contribution is 0.0735. The van der Waals surface area contributed by atoms with Gasteiger partial charge in [-0.1, -0.05) is 88.8 Å². The maximum atomic E-state index is 12.8. The highest BCUT2D eigenvalue weighted by atomic mass is 16.5. The molecule has 0 aliphatic heterocycles. The molecule has 1 aromatic heterocycles. The van der Waals surface area contributed by atoms with Crippen molar-refractivity contribution in [3.63, 3.8) is 0 Å². The van der Waals surface area contributed by atoms with Crippen molar-refractivity contribution < 1.29 is 13.9 Å². The second-order valence-electron chi connectivity index (χ2n) is 9.71. The smallest absolute Gasteiger partial charge is 0.343 e. The van der Waals surface area contributed by atoms with Crippen molar-refractivity contribution >= 4 is 16.9 Å². The Kier molecular flexibility index (Phi) is 9.38. The van der Waals surface area contributed by atoms with Crippen LogP contribution in [0.2, 0.25) is 0 Å². The van der Waals surface area contributed by atoms with E-state index in [4.69, 9.17) is 9.15 Å². The third-order valence-electron chi connectivity index (χ3n) is 6.76. The van der Waals surface area contributed by atoms with Gasteiger partial charge in [0.15, 0.2) is 0 Å². The van der Waals surface area contributed by atoms with Gasteiger partial charge in [-0.15, -0.1) is 0 Å². The van der Waals surface area contributed by atoms with E-state index in [0.29, 0.717) is 11.3 Å². The molecule has 4 aromatic rings. The van der Waals surface area contributed by atoms with Crippen molar-refractivity contribution in [2.75, 3.05) is 0 Å². The molecular weight excluding hydrogens is 444 g/mol. The van der Waals surface area contributed by atoms with Crippen LogP contribution >= 0.6 is 0 Å². The fourth-order valence-electron chi connectivity index (χ4n) is 4.55. The van der Waals surface area contributed by atoms with Gasteiger partial charge in [-0.25, -0.2) is 4.79 Å². The highest BCUT2D eigenvalue weighted by Gasteiger charge is 2.13. The van der Waals surface area contributed by atoms with E-state index in [9.17, 15) is 4.79 Å². The summed E-state index contributed by atoms with van der Waals surface area (Å²) in [7, 11) is 0. The van der Waals surface area contributed by atoms with E-state index in [1.165, 1.54) is 62.5 Å². The maximum absolute atomic E-state index is 12.8. The van der Waals surface area contributed by atoms with Crippen molar-refractivity contribution in [1.29, 1.82) is 0 Å². The summed E-state index contributed by atoms with van der Waals surface area (Å²) in [6, 6.07) is 23.9. The topological polar surface area (TPSA) is 39.4 Å². The molecule has 0 radical (unpaired) electrons. The number of aryl methyl sites for hydroxylation is 2. The molecule has 0 amide bonds. The van der Waals surface area contributed by atoms with Crippen molar-refractivity contribution in [2.24, 2.45) is 0 Å². The Morgan fingerprint density at radius 1 is 0.694 bits per heavy atom. The number of benzene rings is 3. The lowest BCUT2D eigenvalue weighted by Gasteiger charge is -2.06. The zero-order chi connectivity index (χ0) is 25.2. The molecule has 0 aliphatic rings. The minimum atomic E-state index is -0.360. The van der Waals surface area contributed by atoms with Crippen LogP contribution in [0.5, 0.6) is 5.75 Å². The number of unbranched alkanes of at least 4 members (excludes halogenated alkanes) is 6. The molecule has 0 aliphatic carbocycles. The fourth-order valence-corrected chi connectivity index (χ4v) is 4.55. The Hall–Kier alpha value is -3.33. The van der Waals surface area contributed by atoms with Crippen LogP contribution in [0.4, 0.5) is 0 Å². The fraction of sp³-hybridized carbons (Fsp3) is 0.364. The summed E-state index contributed by atoms with van der Waals surface area (Å²) in [4.78, 5) is 12.8. The Labute approximate surface area is 215 Å². The van der Waals surface area contributed by atoms with E-state index in [2.05, 4.69) is 38.1 Å². The molecule has 0 fully saturated rings. The van der Waals surface area contributed by atoms with Gasteiger partial charge in [0.25, 0.3) is 0 Å². The SMILES string of the molecule is CCCCCCCc1ccc(-c2cc3cc(C(=O)Oc4ccc(CCCCC)cc4)ccc3o2)cc1. The molecule has 0 saturated carbocycles. The summed E-state index contributed by atoms with van der Waals surface area (Å²) in [6.07, 6.45) is 12.3. The summed E-state index contributed by atoms with van der Waals surface area (Å²) < 4.78 is 11.7. The summed E-state index contributed by atoms with van der Waals surface area (Å²) >= 11 is 0. The second-order valence-corrected chi connectivity index (χ2v) is 9.71. The molecule has 188 valence electrons. The maximum Gasteiger partial charge on any atom is 0.343 e. The molecule has 3 aromatic carbocycles. The molecule has 1 heterocycles. The molecule has 3 nitrogen and oxygen atoms in total. The Bertz CT molecular complexity index is 1230. The molecule has 0 unspecified atom stereocenters. The van der Waals surface area contributed by atoms with Gasteiger partial charge in [0, 0.05) is 10.9 Å². The highest BCUT2D eigenvalue weighted by Crippen LogP contribution is 2.29. The van der Waals surface area contributed by atoms with E-state index in [1.807, 2.05) is 42.5 Å². The average molecular weight is 483 g/mol. The van der Waals surface area contributed by atoms with Crippen LogP contribution in [0, 0.1) is 0 Å². The van der Waals surface area contributed by atoms with Crippen LogP contribution < -0.4 is 4.74 Å². The molecule has 36 heavy (non-hydrogen) atoms. The van der Waals surface area contributed by atoms with E-state index < -0.39 is 0 Å². The number of hydrogen-bond donors (Lipinski definition) is 0. The zero-order valence-electron chi connectivity index (χ0n) is 21.7. The average Bonchev–Trinajstić information content (AvgIpc) is 3.33. The van der Waals surface area contributed by atoms with Crippen LogP contribution in [0.15, 0.2) is 77.2 Å². The van der Waals surface area contributed by atoms with Crippen molar-refractivity contribution in [1.82, 2.24) is 0 Å². The number of carbonyl (C=O) groups excluding carboxylic acids is 1. The van der Waals surface area contributed by atoms with Crippen LogP contribution in [0.25, 0.3) is 22.3 Å². The third kappa shape index (κ3) is 7.10. The minimum Gasteiger partial charge on any atom is -0.456 e. The number of furan rings is 1. The van der Waals surface area contributed by atoms with E-state index in [-0.39, 0.29) is 5.97 Å². The van der Waals surface area contributed by atoms with Crippen LogP contribution in [0.3, 0.4) is 0 Å². The molecule has 4 rings (SSSR count). The summed E-state index contributed by atoms with van der Waals surface area (Å²) in [5.41, 5.74) is 4.96. The molecule has 0 bridgehead atoms. The minimum absolute atomic E-state index is 0.360. The first-order chi connectivity index (χ1) is 17.7. The predicted molar refractivity (Wildman–Crippen MR) is 149 cm³/mol. The van der Waals surface area contributed by atoms with Gasteiger partial charge in [0.1, 0.15) is 17.1 Å². The first-order valence-electron chi connectivity index (χ1n) is 13.6. The van der Waals surface area contributed by atoms with Gasteiger partial charge in [-0.3, -0.25) is 0 Å². The molecule has 3 heteroatoms. The molecule has 0 saturated heterocycles. The largest absolute Gasteiger partial charge is 0.456 e.